The fourth-order valence-corrected chi connectivity index (χ4v) is 3.84. The van der Waals surface area contributed by atoms with E-state index in [1.54, 1.807) is 61.5 Å². The van der Waals surface area contributed by atoms with E-state index in [1.807, 2.05) is 0 Å². The maximum absolute atomic E-state index is 13.3. The molecule has 0 radical (unpaired) electrons. The number of nitrogens with zero attached hydrogens (tertiary/aromatic N) is 1. The molecule has 0 spiro atoms. The smallest absolute Gasteiger partial charge is 0.242 e. The molecule has 0 bridgehead atoms. The Morgan fingerprint density at radius 2 is 1.52 bits per heavy atom. The minimum atomic E-state index is -0.777. The van der Waals surface area contributed by atoms with Crippen molar-refractivity contribution in [1.82, 2.24) is 10.2 Å². The summed E-state index contributed by atoms with van der Waals surface area (Å²) in [6, 6.07) is 17.0. The maximum Gasteiger partial charge on any atom is 0.242 e. The monoisotopic (exact) mass is 506 g/mol. The molecule has 3 aromatic carbocycles. The van der Waals surface area contributed by atoms with E-state index in [4.69, 9.17) is 34.8 Å². The lowest BCUT2D eigenvalue weighted by Crippen LogP contribution is -2.48. The number of amides is 2. The van der Waals surface area contributed by atoms with Crippen LogP contribution in [0, 0.1) is 5.82 Å². The van der Waals surface area contributed by atoms with Crippen LogP contribution in [-0.4, -0.2) is 22.8 Å². The summed E-state index contributed by atoms with van der Waals surface area (Å²) in [6.45, 7) is 2.00. The molecule has 0 aliphatic carbocycles. The lowest BCUT2D eigenvalue weighted by atomic mass is 10.1. The summed E-state index contributed by atoms with van der Waals surface area (Å²) >= 11 is 18.0. The molecular formula is C25H22Cl3FN2O2. The molecule has 0 saturated heterocycles. The summed E-state index contributed by atoms with van der Waals surface area (Å²) in [4.78, 5) is 27.6. The maximum atomic E-state index is 13.3. The standard InChI is InChI=1S/C25H22Cl3FN2O2/c1-16(25(33)30-14-19-6-9-21(27)13-23(19)28)31(15-18-4-10-22(29)11-5-18)24(32)12-17-2-7-20(26)8-3-17/h2-11,13,16H,12,14-15H2,1H3,(H,30,33)/t16-/m1/s1. The molecular weight excluding hydrogens is 486 g/mol. The van der Waals surface area contributed by atoms with Crippen LogP contribution >= 0.6 is 34.8 Å². The Morgan fingerprint density at radius 1 is 0.909 bits per heavy atom. The van der Waals surface area contributed by atoms with Gasteiger partial charge in [-0.3, -0.25) is 9.59 Å². The first-order valence-corrected chi connectivity index (χ1v) is 11.4. The van der Waals surface area contributed by atoms with Crippen LogP contribution in [0.1, 0.15) is 23.6 Å². The number of rotatable bonds is 8. The van der Waals surface area contributed by atoms with E-state index in [0.29, 0.717) is 26.2 Å². The van der Waals surface area contributed by atoms with Gasteiger partial charge in [0.2, 0.25) is 11.8 Å². The number of carbonyl (C=O) groups excluding carboxylic acids is 2. The molecule has 172 valence electrons. The van der Waals surface area contributed by atoms with Crippen molar-refractivity contribution in [2.75, 3.05) is 0 Å². The fourth-order valence-electron chi connectivity index (χ4n) is 3.24. The highest BCUT2D eigenvalue weighted by molar-refractivity contribution is 6.35. The predicted octanol–water partition coefficient (Wildman–Crippen LogP) is 6.06. The Labute approximate surface area is 207 Å². The van der Waals surface area contributed by atoms with E-state index in [2.05, 4.69) is 5.32 Å². The van der Waals surface area contributed by atoms with E-state index >= 15 is 0 Å². The van der Waals surface area contributed by atoms with Crippen LogP contribution in [0.2, 0.25) is 15.1 Å². The van der Waals surface area contributed by atoms with E-state index in [0.717, 1.165) is 5.56 Å². The van der Waals surface area contributed by atoms with Crippen LogP contribution < -0.4 is 5.32 Å². The molecule has 0 fully saturated rings. The molecule has 0 aliphatic rings. The summed E-state index contributed by atoms with van der Waals surface area (Å²) in [5.41, 5.74) is 2.19. The van der Waals surface area contributed by atoms with Crippen molar-refractivity contribution in [2.45, 2.75) is 32.5 Å². The van der Waals surface area contributed by atoms with Crippen LogP contribution in [0.3, 0.4) is 0 Å². The zero-order valence-electron chi connectivity index (χ0n) is 17.8. The summed E-state index contributed by atoms with van der Waals surface area (Å²) in [5, 5.41) is 4.34. The van der Waals surface area contributed by atoms with E-state index in [9.17, 15) is 14.0 Å². The summed E-state index contributed by atoms with van der Waals surface area (Å²) in [5.74, 6) is -0.954. The molecule has 1 N–H and O–H groups in total. The molecule has 33 heavy (non-hydrogen) atoms. The van der Waals surface area contributed by atoms with Crippen molar-refractivity contribution in [3.8, 4) is 0 Å². The van der Waals surface area contributed by atoms with Crippen LogP contribution in [0.4, 0.5) is 4.39 Å². The second kappa shape index (κ2) is 11.5. The first-order chi connectivity index (χ1) is 15.7. The molecule has 3 aromatic rings. The molecule has 8 heteroatoms. The largest absolute Gasteiger partial charge is 0.350 e. The summed E-state index contributed by atoms with van der Waals surface area (Å²) in [7, 11) is 0. The summed E-state index contributed by atoms with van der Waals surface area (Å²) in [6.07, 6.45) is 0.0962. The lowest BCUT2D eigenvalue weighted by molar-refractivity contribution is -0.140. The van der Waals surface area contributed by atoms with Gasteiger partial charge in [0.05, 0.1) is 6.42 Å². The van der Waals surface area contributed by atoms with Crippen molar-refractivity contribution >= 4 is 46.6 Å². The normalized spacial score (nSPS) is 11.7. The first kappa shape index (κ1) is 25.0. The van der Waals surface area contributed by atoms with Gasteiger partial charge in [-0.1, -0.05) is 65.1 Å². The number of nitrogens with one attached hydrogen (secondary N) is 1. The second-order valence-electron chi connectivity index (χ2n) is 7.58. The number of halogens is 4. The molecule has 4 nitrogen and oxygen atoms in total. The van der Waals surface area contributed by atoms with Crippen molar-refractivity contribution in [3.05, 3.63) is 104 Å². The van der Waals surface area contributed by atoms with Crippen molar-refractivity contribution < 1.29 is 14.0 Å². The van der Waals surface area contributed by atoms with Gasteiger partial charge in [0.25, 0.3) is 0 Å². The van der Waals surface area contributed by atoms with Crippen LogP contribution in [0.5, 0.6) is 0 Å². The van der Waals surface area contributed by atoms with E-state index in [-0.39, 0.29) is 37.1 Å². The Hall–Kier alpha value is -2.60. The van der Waals surface area contributed by atoms with Gasteiger partial charge in [-0.15, -0.1) is 0 Å². The number of hydrogen-bond acceptors (Lipinski definition) is 2. The minimum absolute atomic E-state index is 0.0962. The second-order valence-corrected chi connectivity index (χ2v) is 8.86. The molecule has 3 rings (SSSR count). The van der Waals surface area contributed by atoms with Crippen LogP contribution in [-0.2, 0) is 29.1 Å². The molecule has 2 amide bonds. The molecule has 1 atom stereocenters. The number of benzene rings is 3. The number of hydrogen-bond donors (Lipinski definition) is 1. The van der Waals surface area contributed by atoms with Gasteiger partial charge in [-0.05, 0) is 60.0 Å². The third-order valence-corrected chi connectivity index (χ3v) is 6.01. The highest BCUT2D eigenvalue weighted by atomic mass is 35.5. The molecule has 0 aliphatic heterocycles. The Morgan fingerprint density at radius 3 is 2.15 bits per heavy atom. The van der Waals surface area contributed by atoms with Gasteiger partial charge in [-0.2, -0.15) is 0 Å². The average molecular weight is 508 g/mol. The van der Waals surface area contributed by atoms with Crippen molar-refractivity contribution in [1.29, 1.82) is 0 Å². The molecule has 0 saturated carbocycles. The van der Waals surface area contributed by atoms with Crippen molar-refractivity contribution in [2.24, 2.45) is 0 Å². The number of carbonyl (C=O) groups is 2. The minimum Gasteiger partial charge on any atom is -0.350 e. The zero-order valence-corrected chi connectivity index (χ0v) is 20.1. The molecule has 0 heterocycles. The van der Waals surface area contributed by atoms with E-state index < -0.39 is 6.04 Å². The van der Waals surface area contributed by atoms with Gasteiger partial charge in [-0.25, -0.2) is 4.39 Å². The first-order valence-electron chi connectivity index (χ1n) is 10.2. The third kappa shape index (κ3) is 7.19. The third-order valence-electron chi connectivity index (χ3n) is 5.17. The quantitative estimate of drug-likeness (QED) is 0.403. The van der Waals surface area contributed by atoms with Crippen molar-refractivity contribution in [3.63, 3.8) is 0 Å². The lowest BCUT2D eigenvalue weighted by Gasteiger charge is -2.29. The van der Waals surface area contributed by atoms with Gasteiger partial charge in [0.1, 0.15) is 11.9 Å². The van der Waals surface area contributed by atoms with Gasteiger partial charge >= 0.3 is 0 Å². The Balaban J connectivity index is 1.75. The fraction of sp³-hybridized carbons (Fsp3) is 0.200. The molecule has 0 aromatic heterocycles. The van der Waals surface area contributed by atoms with E-state index in [1.165, 1.54) is 17.0 Å². The SMILES string of the molecule is C[C@H](C(=O)NCc1ccc(Cl)cc1Cl)N(Cc1ccc(F)cc1)C(=O)Cc1ccc(Cl)cc1. The highest BCUT2D eigenvalue weighted by Crippen LogP contribution is 2.21. The average Bonchev–Trinajstić information content (AvgIpc) is 2.79. The summed E-state index contributed by atoms with van der Waals surface area (Å²) < 4.78 is 13.3. The molecule has 0 unspecified atom stereocenters. The Bertz CT molecular complexity index is 1120. The van der Waals surface area contributed by atoms with Gasteiger partial charge < -0.3 is 10.2 Å². The van der Waals surface area contributed by atoms with Gasteiger partial charge in [0, 0.05) is 28.2 Å². The zero-order chi connectivity index (χ0) is 24.0. The highest BCUT2D eigenvalue weighted by Gasteiger charge is 2.26. The van der Waals surface area contributed by atoms with Gasteiger partial charge in [0.15, 0.2) is 0 Å². The topological polar surface area (TPSA) is 49.4 Å². The van der Waals surface area contributed by atoms with Crippen LogP contribution in [0.25, 0.3) is 0 Å². The van der Waals surface area contributed by atoms with Crippen LogP contribution in [0.15, 0.2) is 66.7 Å². The Kier molecular flexibility index (Phi) is 8.73. The predicted molar refractivity (Wildman–Crippen MR) is 130 cm³/mol.